The molecule has 0 aliphatic heterocycles. The summed E-state index contributed by atoms with van der Waals surface area (Å²) in [5, 5.41) is 36.6. The van der Waals surface area contributed by atoms with Gasteiger partial charge in [0.1, 0.15) is 38.6 Å². The highest BCUT2D eigenvalue weighted by molar-refractivity contribution is 8.77. The molecule has 20 nitrogen and oxygen atoms in total. The molecular formula is C24H28N4O16S4. The molecule has 48 heavy (non-hydrogen) atoms. The van der Waals surface area contributed by atoms with Gasteiger partial charge in [-0.3, -0.25) is 0 Å². The molecule has 0 amide bonds. The molecule has 0 aromatic heterocycles. The van der Waals surface area contributed by atoms with Gasteiger partial charge in [0.05, 0.1) is 11.1 Å². The molecule has 2 atom stereocenters. The van der Waals surface area contributed by atoms with Crippen molar-refractivity contribution in [2.75, 3.05) is 49.4 Å². The standard InChI is InChI=1S/2C12H14N2O8S2/c2*15-12(10-4-2-1-3-5-10)20-6-7-23-24-9-11(22-14(18)19)8-21-13(16)17/h2*1-5,11H,6-9H2. The van der Waals surface area contributed by atoms with Gasteiger partial charge in [0.2, 0.25) is 0 Å². The zero-order valence-electron chi connectivity index (χ0n) is 24.5. The first-order valence-corrected chi connectivity index (χ1v) is 18.1. The summed E-state index contributed by atoms with van der Waals surface area (Å²) in [5.74, 6) is 0.234. The third-order valence-electron chi connectivity index (χ3n) is 4.70. The van der Waals surface area contributed by atoms with Crippen molar-refractivity contribution in [3.05, 3.63) is 112 Å². The van der Waals surface area contributed by atoms with Gasteiger partial charge in [0.15, 0.2) is 0 Å². The summed E-state index contributed by atoms with van der Waals surface area (Å²) in [6, 6.07) is 17.0. The van der Waals surface area contributed by atoms with E-state index in [1.807, 2.05) is 0 Å². The van der Waals surface area contributed by atoms with Crippen LogP contribution in [0.4, 0.5) is 0 Å². The highest BCUT2D eigenvalue weighted by Crippen LogP contribution is 2.24. The van der Waals surface area contributed by atoms with Crippen molar-refractivity contribution in [3.63, 3.8) is 0 Å². The van der Waals surface area contributed by atoms with Gasteiger partial charge in [0.25, 0.3) is 20.3 Å². The first kappa shape index (κ1) is 41.6. The van der Waals surface area contributed by atoms with Crippen LogP contribution in [-0.2, 0) is 28.8 Å². The van der Waals surface area contributed by atoms with Gasteiger partial charge >= 0.3 is 11.9 Å². The summed E-state index contributed by atoms with van der Waals surface area (Å²) >= 11 is 0. The Morgan fingerprint density at radius 3 is 1.23 bits per heavy atom. The molecule has 264 valence electrons. The number of hydrogen-bond donors (Lipinski definition) is 0. The minimum absolute atomic E-state index is 0.103. The fourth-order valence-electron chi connectivity index (χ4n) is 2.77. The number of esters is 2. The maximum atomic E-state index is 11.6. The van der Waals surface area contributed by atoms with Crippen molar-refractivity contribution < 1.29 is 58.8 Å². The Bertz CT molecular complexity index is 1190. The Hall–Kier alpha value is -4.42. The van der Waals surface area contributed by atoms with E-state index in [1.54, 1.807) is 60.7 Å². The quantitative estimate of drug-likeness (QED) is 0.0481. The van der Waals surface area contributed by atoms with Crippen molar-refractivity contribution in [2.45, 2.75) is 12.2 Å². The molecule has 2 unspecified atom stereocenters. The number of carbonyl (C=O) groups is 2. The van der Waals surface area contributed by atoms with Crippen LogP contribution in [0.2, 0.25) is 0 Å². The van der Waals surface area contributed by atoms with E-state index in [4.69, 9.17) is 9.47 Å². The first-order chi connectivity index (χ1) is 23.0. The summed E-state index contributed by atoms with van der Waals surface area (Å²) in [5.41, 5.74) is 0.901. The molecule has 24 heteroatoms. The van der Waals surface area contributed by atoms with E-state index in [-0.39, 0.29) is 24.7 Å². The topological polar surface area (TPSA) is 262 Å². The van der Waals surface area contributed by atoms with Gasteiger partial charge in [0, 0.05) is 23.0 Å². The monoisotopic (exact) mass is 756 g/mol. The van der Waals surface area contributed by atoms with Crippen LogP contribution in [0.1, 0.15) is 20.7 Å². The molecule has 0 fully saturated rings. The van der Waals surface area contributed by atoms with E-state index in [0.717, 1.165) is 0 Å². The summed E-state index contributed by atoms with van der Waals surface area (Å²) in [4.78, 5) is 80.7. The zero-order valence-corrected chi connectivity index (χ0v) is 27.8. The molecule has 0 spiro atoms. The fraction of sp³-hybridized carbons (Fsp3) is 0.417. The SMILES string of the molecule is O=C(OCCSSCC(CO[N+](=O)[O-])O[N+](=O)[O-])c1ccccc1.O=C(OCCSSCC(CO[N+](=O)[O-])O[N+](=O)[O-])c1ccccc1. The molecule has 0 aliphatic carbocycles. The van der Waals surface area contributed by atoms with Crippen LogP contribution >= 0.6 is 43.2 Å². The average Bonchev–Trinajstić information content (AvgIpc) is 3.05. The van der Waals surface area contributed by atoms with Crippen molar-refractivity contribution in [3.8, 4) is 0 Å². The lowest BCUT2D eigenvalue weighted by Gasteiger charge is -2.12. The lowest BCUT2D eigenvalue weighted by Crippen LogP contribution is -2.26. The number of carbonyl (C=O) groups excluding carboxylic acids is 2. The molecule has 2 rings (SSSR count). The molecule has 2 aromatic rings. The van der Waals surface area contributed by atoms with Gasteiger partial charge in [-0.2, -0.15) is 0 Å². The Morgan fingerprint density at radius 2 is 0.917 bits per heavy atom. The van der Waals surface area contributed by atoms with Gasteiger partial charge in [-0.1, -0.05) is 79.6 Å². The predicted octanol–water partition coefficient (Wildman–Crippen LogP) is 4.02. The molecule has 0 saturated carbocycles. The Kier molecular flexibility index (Phi) is 22.2. The Morgan fingerprint density at radius 1 is 0.562 bits per heavy atom. The van der Waals surface area contributed by atoms with Crippen LogP contribution in [0.5, 0.6) is 0 Å². The number of nitrogens with zero attached hydrogens (tertiary/aromatic N) is 4. The fourth-order valence-corrected chi connectivity index (χ4v) is 6.72. The van der Waals surface area contributed by atoms with Crippen LogP contribution in [-0.4, -0.2) is 93.9 Å². The summed E-state index contributed by atoms with van der Waals surface area (Å²) in [7, 11) is 4.97. The Labute approximate surface area is 287 Å². The van der Waals surface area contributed by atoms with Gasteiger partial charge in [-0.15, -0.1) is 40.5 Å². The van der Waals surface area contributed by atoms with E-state index in [2.05, 4.69) is 19.4 Å². The number of benzene rings is 2. The van der Waals surface area contributed by atoms with Crippen LogP contribution in [0.15, 0.2) is 60.7 Å². The molecule has 0 heterocycles. The Balaban J connectivity index is 0.000000480. The largest absolute Gasteiger partial charge is 0.461 e. The summed E-state index contributed by atoms with van der Waals surface area (Å²) in [6.45, 7) is -0.746. The number of hydrogen-bond acceptors (Lipinski definition) is 20. The number of ether oxygens (including phenoxy) is 2. The maximum absolute atomic E-state index is 11.6. The van der Waals surface area contributed by atoms with Gasteiger partial charge in [-0.25, -0.2) is 9.59 Å². The molecule has 0 radical (unpaired) electrons. The second-order valence-electron chi connectivity index (χ2n) is 8.16. The second-order valence-corrected chi connectivity index (χ2v) is 13.4. The lowest BCUT2D eigenvalue weighted by molar-refractivity contribution is -0.788. The third kappa shape index (κ3) is 22.2. The smallest absolute Gasteiger partial charge is 0.338 e. The van der Waals surface area contributed by atoms with Crippen molar-refractivity contribution in [1.82, 2.24) is 0 Å². The molecule has 0 aliphatic rings. The van der Waals surface area contributed by atoms with Crippen LogP contribution < -0.4 is 0 Å². The lowest BCUT2D eigenvalue weighted by atomic mass is 10.2. The highest BCUT2D eigenvalue weighted by Gasteiger charge is 2.17. The van der Waals surface area contributed by atoms with E-state index in [9.17, 15) is 50.0 Å². The molecule has 0 saturated heterocycles. The molecule has 0 bridgehead atoms. The minimum atomic E-state index is -1.06. The highest BCUT2D eigenvalue weighted by atomic mass is 33.1. The number of rotatable bonds is 24. The van der Waals surface area contributed by atoms with Gasteiger partial charge in [-0.05, 0) is 24.3 Å². The second kappa shape index (κ2) is 25.6. The first-order valence-electron chi connectivity index (χ1n) is 13.1. The summed E-state index contributed by atoms with van der Waals surface area (Å²) in [6.07, 6.45) is -2.12. The maximum Gasteiger partial charge on any atom is 0.338 e. The molecule has 0 N–H and O–H groups in total. The van der Waals surface area contributed by atoms with Gasteiger partial charge < -0.3 is 28.8 Å². The third-order valence-corrected chi connectivity index (χ3v) is 9.53. The van der Waals surface area contributed by atoms with Crippen LogP contribution in [0.3, 0.4) is 0 Å². The minimum Gasteiger partial charge on any atom is -0.461 e. The van der Waals surface area contributed by atoms with E-state index in [0.29, 0.717) is 22.6 Å². The zero-order chi connectivity index (χ0) is 35.6. The average molecular weight is 757 g/mol. The molecule has 2 aromatic carbocycles. The van der Waals surface area contributed by atoms with E-state index < -0.39 is 57.7 Å². The predicted molar refractivity (Wildman–Crippen MR) is 173 cm³/mol. The summed E-state index contributed by atoms with van der Waals surface area (Å²) < 4.78 is 10.1. The van der Waals surface area contributed by atoms with Crippen LogP contribution in [0.25, 0.3) is 0 Å². The van der Waals surface area contributed by atoms with E-state index >= 15 is 0 Å². The van der Waals surface area contributed by atoms with Crippen molar-refractivity contribution >= 4 is 55.1 Å². The normalized spacial score (nSPS) is 11.3. The molecular weight excluding hydrogens is 729 g/mol. The van der Waals surface area contributed by atoms with E-state index in [1.165, 1.54) is 43.2 Å². The van der Waals surface area contributed by atoms with Crippen molar-refractivity contribution in [1.29, 1.82) is 0 Å². The van der Waals surface area contributed by atoms with Crippen LogP contribution in [0, 0.1) is 40.5 Å². The van der Waals surface area contributed by atoms with Crippen molar-refractivity contribution in [2.24, 2.45) is 0 Å².